The molecule has 0 amide bonds. The summed E-state index contributed by atoms with van der Waals surface area (Å²) in [6.07, 6.45) is 2.32. The maximum atomic E-state index is 6.06. The molecule has 1 aromatic carbocycles. The highest BCUT2D eigenvalue weighted by Crippen LogP contribution is 2.26. The summed E-state index contributed by atoms with van der Waals surface area (Å²) in [6.45, 7) is 2.62. The first-order valence-electron chi connectivity index (χ1n) is 6.75. The van der Waals surface area contributed by atoms with Crippen LogP contribution in [0.4, 0.5) is 11.6 Å². The van der Waals surface area contributed by atoms with Crippen molar-refractivity contribution in [1.29, 1.82) is 0 Å². The molecular formula is C14H19N5. The summed E-state index contributed by atoms with van der Waals surface area (Å²) < 4.78 is 0. The lowest BCUT2D eigenvalue weighted by Gasteiger charge is -2.33. The Bertz CT molecular complexity index is 583. The van der Waals surface area contributed by atoms with E-state index >= 15 is 0 Å². The number of nitrogen functional groups attached to an aromatic ring is 1. The number of hydrogen-bond donors (Lipinski definition) is 2. The number of para-hydroxylation sites is 2. The van der Waals surface area contributed by atoms with Gasteiger partial charge in [0.15, 0.2) is 11.6 Å². The van der Waals surface area contributed by atoms with E-state index in [0.29, 0.717) is 11.7 Å². The molecule has 1 saturated heterocycles. The van der Waals surface area contributed by atoms with Gasteiger partial charge in [0.25, 0.3) is 0 Å². The van der Waals surface area contributed by atoms with Crippen molar-refractivity contribution in [3.8, 4) is 0 Å². The largest absolute Gasteiger partial charge is 0.381 e. The number of nitrogens with two attached hydrogens (primary N) is 2. The second kappa shape index (κ2) is 5.01. The monoisotopic (exact) mass is 257 g/mol. The molecule has 5 nitrogen and oxygen atoms in total. The number of piperidine rings is 1. The first-order chi connectivity index (χ1) is 9.28. The Labute approximate surface area is 112 Å². The molecule has 5 heteroatoms. The number of hydrogen-bond acceptors (Lipinski definition) is 5. The van der Waals surface area contributed by atoms with E-state index in [1.54, 1.807) is 0 Å². The van der Waals surface area contributed by atoms with Crippen LogP contribution >= 0.6 is 0 Å². The Morgan fingerprint density at radius 3 is 2.68 bits per heavy atom. The lowest BCUT2D eigenvalue weighted by molar-refractivity contribution is 0.422. The minimum atomic E-state index is 0.511. The van der Waals surface area contributed by atoms with Crippen molar-refractivity contribution >= 4 is 22.7 Å². The van der Waals surface area contributed by atoms with E-state index in [9.17, 15) is 0 Å². The second-order valence-electron chi connectivity index (χ2n) is 5.11. The van der Waals surface area contributed by atoms with Crippen LogP contribution in [0.15, 0.2) is 24.3 Å². The van der Waals surface area contributed by atoms with Gasteiger partial charge in [0.2, 0.25) is 0 Å². The van der Waals surface area contributed by atoms with Gasteiger partial charge in [-0.25, -0.2) is 9.97 Å². The number of benzene rings is 1. The fraction of sp³-hybridized carbons (Fsp3) is 0.429. The molecule has 2 heterocycles. The Morgan fingerprint density at radius 1 is 1.21 bits per heavy atom. The van der Waals surface area contributed by atoms with E-state index < -0.39 is 0 Å². The van der Waals surface area contributed by atoms with E-state index in [-0.39, 0.29) is 0 Å². The summed E-state index contributed by atoms with van der Waals surface area (Å²) in [5.74, 6) is 1.84. The van der Waals surface area contributed by atoms with Crippen LogP contribution < -0.4 is 16.4 Å². The molecule has 1 fully saturated rings. The zero-order valence-corrected chi connectivity index (χ0v) is 10.9. The van der Waals surface area contributed by atoms with Crippen molar-refractivity contribution in [2.24, 2.45) is 11.7 Å². The first kappa shape index (κ1) is 12.2. The Morgan fingerprint density at radius 2 is 1.95 bits per heavy atom. The third kappa shape index (κ3) is 2.33. The number of fused-ring (bicyclic) bond motifs is 1. The van der Waals surface area contributed by atoms with E-state index in [1.165, 1.54) is 6.42 Å². The molecular weight excluding hydrogens is 238 g/mol. The summed E-state index contributed by atoms with van der Waals surface area (Å²) in [4.78, 5) is 11.3. The van der Waals surface area contributed by atoms with E-state index in [0.717, 1.165) is 42.9 Å². The molecule has 1 aromatic heterocycles. The molecule has 0 unspecified atom stereocenters. The zero-order valence-electron chi connectivity index (χ0n) is 10.9. The van der Waals surface area contributed by atoms with Gasteiger partial charge in [-0.15, -0.1) is 0 Å². The zero-order chi connectivity index (χ0) is 13.2. The second-order valence-corrected chi connectivity index (χ2v) is 5.11. The molecule has 0 aliphatic carbocycles. The van der Waals surface area contributed by atoms with Gasteiger partial charge < -0.3 is 16.4 Å². The molecule has 0 spiro atoms. The van der Waals surface area contributed by atoms with Gasteiger partial charge in [0.05, 0.1) is 11.0 Å². The third-order valence-corrected chi connectivity index (χ3v) is 3.73. The normalized spacial score (nSPS) is 19.8. The molecule has 1 aliphatic heterocycles. The van der Waals surface area contributed by atoms with Gasteiger partial charge in [-0.2, -0.15) is 0 Å². The van der Waals surface area contributed by atoms with Crippen molar-refractivity contribution in [2.45, 2.75) is 12.8 Å². The van der Waals surface area contributed by atoms with Gasteiger partial charge in [-0.05, 0) is 37.4 Å². The number of anilines is 2. The molecule has 0 bridgehead atoms. The maximum absolute atomic E-state index is 6.06. The summed E-state index contributed by atoms with van der Waals surface area (Å²) in [6, 6.07) is 7.81. The molecule has 1 atom stereocenters. The average Bonchev–Trinajstić information content (AvgIpc) is 2.46. The molecule has 4 N–H and O–H groups in total. The van der Waals surface area contributed by atoms with Crippen molar-refractivity contribution < 1.29 is 0 Å². The quantitative estimate of drug-likeness (QED) is 0.849. The summed E-state index contributed by atoms with van der Waals surface area (Å²) in [5, 5.41) is 0. The fourth-order valence-corrected chi connectivity index (χ4v) is 2.69. The van der Waals surface area contributed by atoms with Crippen LogP contribution in [0.25, 0.3) is 11.0 Å². The van der Waals surface area contributed by atoms with Crippen molar-refractivity contribution in [1.82, 2.24) is 9.97 Å². The van der Waals surface area contributed by atoms with Crippen LogP contribution in [-0.4, -0.2) is 29.6 Å². The average molecular weight is 257 g/mol. The SMILES string of the molecule is NC[C@H]1CCCN(c2nc3ccccc3nc2N)C1. The standard InChI is InChI=1S/C14H19N5/c15-8-10-4-3-7-19(9-10)14-13(16)17-11-5-1-2-6-12(11)18-14/h1-2,5-6,10H,3-4,7-9,15H2,(H2,16,17)/t10-/m1/s1. The van der Waals surface area contributed by atoms with E-state index in [1.807, 2.05) is 24.3 Å². The molecule has 0 radical (unpaired) electrons. The highest BCUT2D eigenvalue weighted by atomic mass is 15.2. The highest BCUT2D eigenvalue weighted by Gasteiger charge is 2.22. The van der Waals surface area contributed by atoms with Gasteiger partial charge >= 0.3 is 0 Å². The van der Waals surface area contributed by atoms with Crippen LogP contribution in [0.5, 0.6) is 0 Å². The molecule has 100 valence electrons. The van der Waals surface area contributed by atoms with Crippen molar-refractivity contribution in [3.63, 3.8) is 0 Å². The van der Waals surface area contributed by atoms with Crippen LogP contribution in [0.3, 0.4) is 0 Å². The summed E-state index contributed by atoms with van der Waals surface area (Å²) >= 11 is 0. The molecule has 19 heavy (non-hydrogen) atoms. The maximum Gasteiger partial charge on any atom is 0.172 e. The number of aromatic nitrogens is 2. The van der Waals surface area contributed by atoms with Crippen molar-refractivity contribution in [3.05, 3.63) is 24.3 Å². The fourth-order valence-electron chi connectivity index (χ4n) is 2.69. The minimum Gasteiger partial charge on any atom is -0.381 e. The molecule has 3 rings (SSSR count). The van der Waals surface area contributed by atoms with Crippen molar-refractivity contribution in [2.75, 3.05) is 30.3 Å². The Hall–Kier alpha value is -1.88. The molecule has 2 aromatic rings. The molecule has 1 aliphatic rings. The lowest BCUT2D eigenvalue weighted by Crippen LogP contribution is -2.39. The van der Waals surface area contributed by atoms with E-state index in [4.69, 9.17) is 11.5 Å². The van der Waals surface area contributed by atoms with Gasteiger partial charge in [0, 0.05) is 13.1 Å². The van der Waals surface area contributed by atoms with Crippen LogP contribution in [0.2, 0.25) is 0 Å². The van der Waals surface area contributed by atoms with Crippen LogP contribution in [0, 0.1) is 5.92 Å². The van der Waals surface area contributed by atoms with Gasteiger partial charge in [0.1, 0.15) is 0 Å². The first-order valence-corrected chi connectivity index (χ1v) is 6.75. The van der Waals surface area contributed by atoms with Gasteiger partial charge in [-0.1, -0.05) is 12.1 Å². The predicted molar refractivity (Wildman–Crippen MR) is 77.9 cm³/mol. The van der Waals surface area contributed by atoms with Gasteiger partial charge in [-0.3, -0.25) is 0 Å². The highest BCUT2D eigenvalue weighted by molar-refractivity contribution is 5.79. The molecule has 0 saturated carbocycles. The Kier molecular flexibility index (Phi) is 3.21. The third-order valence-electron chi connectivity index (χ3n) is 3.73. The lowest BCUT2D eigenvalue weighted by atomic mass is 9.98. The number of nitrogens with zero attached hydrogens (tertiary/aromatic N) is 3. The summed E-state index contributed by atoms with van der Waals surface area (Å²) in [7, 11) is 0. The Balaban J connectivity index is 1.97. The minimum absolute atomic E-state index is 0.511. The van der Waals surface area contributed by atoms with E-state index in [2.05, 4.69) is 14.9 Å². The van der Waals surface area contributed by atoms with Crippen LogP contribution in [-0.2, 0) is 0 Å². The van der Waals surface area contributed by atoms with Crippen LogP contribution in [0.1, 0.15) is 12.8 Å². The number of rotatable bonds is 2. The summed E-state index contributed by atoms with van der Waals surface area (Å²) in [5.41, 5.74) is 13.6. The predicted octanol–water partition coefficient (Wildman–Crippen LogP) is 1.39. The smallest absolute Gasteiger partial charge is 0.172 e. The topological polar surface area (TPSA) is 81.1 Å².